The van der Waals surface area contributed by atoms with E-state index < -0.39 is 0 Å². The van der Waals surface area contributed by atoms with Gasteiger partial charge in [0, 0.05) is 44.4 Å². The molecule has 0 aliphatic carbocycles. The van der Waals surface area contributed by atoms with Crippen LogP contribution >= 0.6 is 25.3 Å². The fourth-order valence-corrected chi connectivity index (χ4v) is 4.04. The predicted octanol–water partition coefficient (Wildman–Crippen LogP) is 4.88. The highest BCUT2D eigenvalue weighted by Crippen LogP contribution is 2.15. The van der Waals surface area contributed by atoms with Gasteiger partial charge in [-0.1, -0.05) is 36.4 Å². The van der Waals surface area contributed by atoms with Crippen LogP contribution in [-0.2, 0) is 9.59 Å². The quantitative estimate of drug-likeness (QED) is 0.139. The van der Waals surface area contributed by atoms with Crippen LogP contribution in [0.2, 0.25) is 0 Å². The van der Waals surface area contributed by atoms with E-state index in [1.54, 1.807) is 18.2 Å². The molecule has 0 spiro atoms. The summed E-state index contributed by atoms with van der Waals surface area (Å²) in [5, 5.41) is 2.86. The van der Waals surface area contributed by atoms with E-state index in [4.69, 9.17) is 4.74 Å². The number of thiol groups is 2. The molecule has 0 unspecified atom stereocenters. The van der Waals surface area contributed by atoms with Crippen LogP contribution < -0.4 is 15.0 Å². The zero-order valence-corrected chi connectivity index (χ0v) is 24.3. The molecule has 2 aromatic carbocycles. The van der Waals surface area contributed by atoms with Gasteiger partial charge < -0.3 is 15.0 Å². The van der Waals surface area contributed by atoms with Gasteiger partial charge in [-0.2, -0.15) is 25.3 Å². The molecule has 0 fully saturated rings. The van der Waals surface area contributed by atoms with Gasteiger partial charge in [0.05, 0.1) is 13.2 Å². The summed E-state index contributed by atoms with van der Waals surface area (Å²) in [6, 6.07) is 15.8. The maximum atomic E-state index is 12.2. The zero-order chi connectivity index (χ0) is 27.6. The van der Waals surface area contributed by atoms with Gasteiger partial charge in [-0.05, 0) is 73.4 Å². The molecule has 0 heterocycles. The highest BCUT2D eigenvalue weighted by Gasteiger charge is 2.09. The van der Waals surface area contributed by atoms with Crippen LogP contribution in [0.15, 0.2) is 60.7 Å². The van der Waals surface area contributed by atoms with E-state index in [0.717, 1.165) is 60.7 Å². The fourth-order valence-electron chi connectivity index (χ4n) is 3.64. The minimum Gasteiger partial charge on any atom is -0.494 e. The molecule has 0 aliphatic rings. The van der Waals surface area contributed by atoms with E-state index in [1.807, 2.05) is 73.6 Å². The third-order valence-electron chi connectivity index (χ3n) is 5.77. The Bertz CT molecular complexity index is 1020. The number of amides is 1. The Kier molecular flexibility index (Phi) is 15.4. The Morgan fingerprint density at radius 2 is 1.47 bits per heavy atom. The lowest BCUT2D eigenvalue weighted by Crippen LogP contribution is -2.39. The van der Waals surface area contributed by atoms with Gasteiger partial charge in [-0.3, -0.25) is 14.5 Å². The molecule has 0 radical (unpaired) electrons. The van der Waals surface area contributed by atoms with Crippen molar-refractivity contribution < 1.29 is 14.3 Å². The highest BCUT2D eigenvalue weighted by molar-refractivity contribution is 7.80. The molecule has 0 saturated heterocycles. The van der Waals surface area contributed by atoms with Crippen molar-refractivity contribution in [3.8, 4) is 5.75 Å². The van der Waals surface area contributed by atoms with Crippen LogP contribution in [0, 0.1) is 0 Å². The number of nitrogens with zero attached hydrogens (tertiary/aromatic N) is 2. The van der Waals surface area contributed by atoms with Gasteiger partial charge in [0.1, 0.15) is 5.75 Å². The van der Waals surface area contributed by atoms with Crippen molar-refractivity contribution >= 4 is 54.8 Å². The molecule has 0 atom stereocenters. The zero-order valence-electron chi connectivity index (χ0n) is 22.5. The van der Waals surface area contributed by atoms with Gasteiger partial charge in [0.25, 0.3) is 0 Å². The SMILES string of the molecule is CN(C)c1ccc(/C=C/C(=O)/C=C/c2ccc(OCCCCCN(CCS)CC(=O)NCCS)cc2)cc1. The highest BCUT2D eigenvalue weighted by atomic mass is 32.1. The number of hydrogen-bond acceptors (Lipinski definition) is 7. The van der Waals surface area contributed by atoms with Crippen LogP contribution in [0.1, 0.15) is 30.4 Å². The van der Waals surface area contributed by atoms with Crippen LogP contribution in [0.25, 0.3) is 12.2 Å². The van der Waals surface area contributed by atoms with Crippen molar-refractivity contribution in [2.24, 2.45) is 0 Å². The molecule has 1 amide bonds. The Morgan fingerprint density at radius 1 is 0.842 bits per heavy atom. The molecular weight excluding hydrogens is 514 g/mol. The molecular formula is C30H41N3O3S2. The summed E-state index contributed by atoms with van der Waals surface area (Å²) in [7, 11) is 4.00. The summed E-state index contributed by atoms with van der Waals surface area (Å²) in [6.45, 7) is 3.29. The molecule has 0 saturated carbocycles. The molecule has 2 rings (SSSR count). The number of rotatable bonds is 18. The van der Waals surface area contributed by atoms with Crippen molar-refractivity contribution in [2.75, 3.05) is 63.3 Å². The van der Waals surface area contributed by atoms with Gasteiger partial charge in [-0.25, -0.2) is 0 Å². The smallest absolute Gasteiger partial charge is 0.234 e. The number of anilines is 1. The summed E-state index contributed by atoms with van der Waals surface area (Å²) in [6.07, 6.45) is 9.75. The van der Waals surface area contributed by atoms with Crippen molar-refractivity contribution in [1.82, 2.24) is 10.2 Å². The van der Waals surface area contributed by atoms with Crippen molar-refractivity contribution in [2.45, 2.75) is 19.3 Å². The second-order valence-corrected chi connectivity index (χ2v) is 10.0. The van der Waals surface area contributed by atoms with E-state index in [1.165, 1.54) is 0 Å². The lowest BCUT2D eigenvalue weighted by atomic mass is 10.1. The number of benzene rings is 2. The average molecular weight is 556 g/mol. The van der Waals surface area contributed by atoms with Crippen molar-refractivity contribution in [3.63, 3.8) is 0 Å². The first-order chi connectivity index (χ1) is 18.4. The molecule has 8 heteroatoms. The fraction of sp³-hybridized carbons (Fsp3) is 0.400. The number of ketones is 1. The number of unbranched alkanes of at least 4 members (excludes halogenated alkanes) is 2. The maximum absolute atomic E-state index is 12.2. The molecule has 0 aromatic heterocycles. The van der Waals surface area contributed by atoms with E-state index in [2.05, 4.69) is 35.5 Å². The number of allylic oxidation sites excluding steroid dienone is 2. The monoisotopic (exact) mass is 555 g/mol. The van der Waals surface area contributed by atoms with Gasteiger partial charge >= 0.3 is 0 Å². The summed E-state index contributed by atoms with van der Waals surface area (Å²) < 4.78 is 5.86. The second-order valence-electron chi connectivity index (χ2n) is 9.11. The standard InChI is InChI=1S/C30H41N3O3S2/c1-32(2)27-12-6-25(7-13-27)8-14-28(34)15-9-26-10-16-29(17-11-26)36-21-5-3-4-19-33(20-23-38)24-30(35)31-18-22-37/h6-17,37-38H,3-5,18-24H2,1-2H3,(H,31,35)/b14-8+,15-9+. The summed E-state index contributed by atoms with van der Waals surface area (Å²) in [5.74, 6) is 2.16. The first kappa shape index (κ1) is 31.5. The Hall–Kier alpha value is -2.68. The molecule has 2 aromatic rings. The maximum Gasteiger partial charge on any atom is 0.234 e. The number of ether oxygens (including phenoxy) is 1. The number of carbonyl (C=O) groups excluding carboxylic acids is 2. The van der Waals surface area contributed by atoms with E-state index >= 15 is 0 Å². The minimum absolute atomic E-state index is 0.0364. The largest absolute Gasteiger partial charge is 0.494 e. The summed E-state index contributed by atoms with van der Waals surface area (Å²) in [5.41, 5.74) is 3.05. The molecule has 1 N–H and O–H groups in total. The van der Waals surface area contributed by atoms with Gasteiger partial charge in [0.2, 0.25) is 5.91 Å². The third-order valence-corrected chi connectivity index (χ3v) is 6.20. The Labute approximate surface area is 238 Å². The lowest BCUT2D eigenvalue weighted by Gasteiger charge is -2.20. The molecule has 38 heavy (non-hydrogen) atoms. The minimum atomic E-state index is -0.0618. The van der Waals surface area contributed by atoms with Gasteiger partial charge in [0.15, 0.2) is 5.78 Å². The first-order valence-electron chi connectivity index (χ1n) is 13.0. The summed E-state index contributed by atoms with van der Waals surface area (Å²) >= 11 is 8.42. The molecule has 6 nitrogen and oxygen atoms in total. The second kappa shape index (κ2) is 18.6. The number of nitrogens with one attached hydrogen (secondary N) is 1. The molecule has 0 bridgehead atoms. The number of carbonyl (C=O) groups is 2. The van der Waals surface area contributed by atoms with Crippen LogP contribution in [0.4, 0.5) is 5.69 Å². The van der Waals surface area contributed by atoms with E-state index in [-0.39, 0.29) is 11.7 Å². The van der Waals surface area contributed by atoms with Crippen molar-refractivity contribution in [3.05, 3.63) is 71.8 Å². The Balaban J connectivity index is 1.67. The predicted molar refractivity (Wildman–Crippen MR) is 167 cm³/mol. The molecule has 0 aliphatic heterocycles. The van der Waals surface area contributed by atoms with E-state index in [9.17, 15) is 9.59 Å². The van der Waals surface area contributed by atoms with Gasteiger partial charge in [-0.15, -0.1) is 0 Å². The van der Waals surface area contributed by atoms with Crippen LogP contribution in [0.3, 0.4) is 0 Å². The van der Waals surface area contributed by atoms with Crippen molar-refractivity contribution in [1.29, 1.82) is 0 Å². The van der Waals surface area contributed by atoms with Crippen LogP contribution in [-0.4, -0.2) is 75.0 Å². The normalized spacial score (nSPS) is 11.4. The Morgan fingerprint density at radius 3 is 2.05 bits per heavy atom. The number of hydrogen-bond donors (Lipinski definition) is 3. The first-order valence-corrected chi connectivity index (χ1v) is 14.3. The third kappa shape index (κ3) is 13.2. The lowest BCUT2D eigenvalue weighted by molar-refractivity contribution is -0.122. The van der Waals surface area contributed by atoms with Crippen LogP contribution in [0.5, 0.6) is 5.75 Å². The summed E-state index contributed by atoms with van der Waals surface area (Å²) in [4.78, 5) is 28.3. The van der Waals surface area contributed by atoms with E-state index in [0.29, 0.717) is 25.4 Å². The molecule has 206 valence electrons. The average Bonchev–Trinajstić information content (AvgIpc) is 2.92. The topological polar surface area (TPSA) is 61.9 Å².